The highest BCUT2D eigenvalue weighted by Gasteiger charge is 2.21. The van der Waals surface area contributed by atoms with Crippen molar-refractivity contribution in [2.24, 2.45) is 0 Å². The van der Waals surface area contributed by atoms with E-state index >= 15 is 0 Å². The van der Waals surface area contributed by atoms with E-state index in [0.717, 1.165) is 10.2 Å². The van der Waals surface area contributed by atoms with Crippen molar-refractivity contribution in [3.63, 3.8) is 0 Å². The number of benzene rings is 2. The van der Waals surface area contributed by atoms with Crippen molar-refractivity contribution in [1.29, 1.82) is 0 Å². The highest BCUT2D eigenvalue weighted by Crippen LogP contribution is 2.18. The van der Waals surface area contributed by atoms with E-state index in [1.54, 1.807) is 35.2 Å². The van der Waals surface area contributed by atoms with Crippen LogP contribution in [0.4, 0.5) is 5.69 Å². The number of nitrogens with zero attached hydrogens (tertiary/aromatic N) is 2. The number of aromatic amines is 1. The van der Waals surface area contributed by atoms with Crippen molar-refractivity contribution in [3.8, 4) is 5.69 Å². The summed E-state index contributed by atoms with van der Waals surface area (Å²) >= 11 is 5.20. The minimum Gasteiger partial charge on any atom is -0.337 e. The van der Waals surface area contributed by atoms with E-state index < -0.39 is 10.0 Å². The predicted molar refractivity (Wildman–Crippen MR) is 107 cm³/mol. The number of anilines is 1. The second kappa shape index (κ2) is 8.07. The van der Waals surface area contributed by atoms with E-state index in [9.17, 15) is 13.2 Å². The van der Waals surface area contributed by atoms with Crippen molar-refractivity contribution >= 4 is 33.8 Å². The van der Waals surface area contributed by atoms with Crippen LogP contribution in [0.3, 0.4) is 0 Å². The summed E-state index contributed by atoms with van der Waals surface area (Å²) in [7, 11) is -1.21. The Morgan fingerprint density at radius 1 is 1.21 bits per heavy atom. The van der Waals surface area contributed by atoms with Gasteiger partial charge in [0, 0.05) is 36.4 Å². The molecule has 0 atom stereocenters. The molecule has 0 aliphatic rings. The minimum atomic E-state index is -3.76. The maximum absolute atomic E-state index is 12.5. The Kier molecular flexibility index (Phi) is 5.75. The standard InChI is InChI=1S/C18H18N4O4S2/c1-21(26-2)28(24,25)16-8-6-13(7-9-16)17(23)20-14-4-3-5-15(12-14)22-11-10-19-18(22)27/h3-12H,1-2H3,(H,19,27)(H,20,23). The molecule has 3 rings (SSSR count). The third-order valence-corrected chi connectivity index (χ3v) is 6.05. The zero-order valence-corrected chi connectivity index (χ0v) is 16.8. The molecule has 0 bridgehead atoms. The number of nitrogens with one attached hydrogen (secondary N) is 2. The second-order valence-corrected chi connectivity index (χ2v) is 8.08. The van der Waals surface area contributed by atoms with E-state index in [0.29, 0.717) is 16.0 Å². The molecule has 0 unspecified atom stereocenters. The average molecular weight is 419 g/mol. The van der Waals surface area contributed by atoms with Crippen molar-refractivity contribution in [3.05, 3.63) is 71.3 Å². The maximum Gasteiger partial charge on any atom is 0.264 e. The lowest BCUT2D eigenvalue weighted by Crippen LogP contribution is -2.25. The summed E-state index contributed by atoms with van der Waals surface area (Å²) in [5.41, 5.74) is 1.71. The van der Waals surface area contributed by atoms with Crippen LogP contribution in [0, 0.1) is 4.77 Å². The molecular weight excluding hydrogens is 400 g/mol. The first-order chi connectivity index (χ1) is 13.3. The topological polar surface area (TPSA) is 96.4 Å². The van der Waals surface area contributed by atoms with Gasteiger partial charge in [-0.15, -0.1) is 0 Å². The molecule has 0 aliphatic heterocycles. The van der Waals surface area contributed by atoms with Gasteiger partial charge < -0.3 is 10.3 Å². The number of sulfonamides is 1. The van der Waals surface area contributed by atoms with Gasteiger partial charge in [-0.25, -0.2) is 8.42 Å². The maximum atomic E-state index is 12.5. The molecule has 0 aliphatic carbocycles. The third-order valence-electron chi connectivity index (χ3n) is 4.04. The number of H-pyrrole nitrogens is 1. The van der Waals surface area contributed by atoms with E-state index in [4.69, 9.17) is 17.1 Å². The number of aromatic nitrogens is 2. The van der Waals surface area contributed by atoms with Gasteiger partial charge in [-0.3, -0.25) is 14.2 Å². The number of hydrogen-bond acceptors (Lipinski definition) is 5. The summed E-state index contributed by atoms with van der Waals surface area (Å²) in [5.74, 6) is -0.362. The van der Waals surface area contributed by atoms with Gasteiger partial charge in [-0.2, -0.15) is 0 Å². The van der Waals surface area contributed by atoms with Gasteiger partial charge in [-0.1, -0.05) is 10.5 Å². The van der Waals surface area contributed by atoms with Crippen molar-refractivity contribution in [2.75, 3.05) is 19.5 Å². The number of carbonyl (C=O) groups excluding carboxylic acids is 1. The molecule has 146 valence electrons. The Morgan fingerprint density at radius 2 is 1.93 bits per heavy atom. The van der Waals surface area contributed by atoms with E-state index in [1.807, 2.05) is 6.07 Å². The summed E-state index contributed by atoms with van der Waals surface area (Å²) in [4.78, 5) is 20.2. The van der Waals surface area contributed by atoms with Crippen LogP contribution in [0.15, 0.2) is 65.8 Å². The fourth-order valence-corrected chi connectivity index (χ4v) is 3.69. The van der Waals surface area contributed by atoms with E-state index in [1.165, 1.54) is 38.4 Å². The molecule has 10 heteroatoms. The summed E-state index contributed by atoms with van der Waals surface area (Å²) in [6.45, 7) is 0. The van der Waals surface area contributed by atoms with E-state index in [-0.39, 0.29) is 10.8 Å². The van der Waals surface area contributed by atoms with Crippen LogP contribution in [0.1, 0.15) is 10.4 Å². The summed E-state index contributed by atoms with van der Waals surface area (Å²) in [5, 5.41) is 2.79. The minimum absolute atomic E-state index is 0.0252. The highest BCUT2D eigenvalue weighted by molar-refractivity contribution is 7.89. The molecular formula is C18H18N4O4S2. The zero-order valence-electron chi connectivity index (χ0n) is 15.1. The smallest absolute Gasteiger partial charge is 0.264 e. The summed E-state index contributed by atoms with van der Waals surface area (Å²) in [6, 6.07) is 12.8. The molecule has 0 radical (unpaired) electrons. The molecule has 3 aromatic rings. The molecule has 0 fully saturated rings. The molecule has 0 saturated carbocycles. The number of hydroxylamine groups is 1. The molecule has 1 amide bonds. The van der Waals surface area contributed by atoms with Crippen LogP contribution in [-0.2, 0) is 14.9 Å². The number of imidazole rings is 1. The molecule has 8 nitrogen and oxygen atoms in total. The molecule has 2 aromatic carbocycles. The Hall–Kier alpha value is -2.79. The summed E-state index contributed by atoms with van der Waals surface area (Å²) < 4.78 is 27.5. The van der Waals surface area contributed by atoms with Crippen molar-refractivity contribution < 1.29 is 18.0 Å². The lowest BCUT2D eigenvalue weighted by atomic mass is 10.2. The number of amides is 1. The lowest BCUT2D eigenvalue weighted by molar-refractivity contribution is -0.0258. The number of rotatable bonds is 6. The first-order valence-electron chi connectivity index (χ1n) is 8.14. The van der Waals surface area contributed by atoms with Gasteiger partial charge in [-0.05, 0) is 54.7 Å². The van der Waals surface area contributed by atoms with Gasteiger partial charge in [0.05, 0.1) is 12.0 Å². The molecule has 1 aromatic heterocycles. The first kappa shape index (κ1) is 20.0. The Labute approximate surface area is 167 Å². The largest absolute Gasteiger partial charge is 0.337 e. The molecule has 1 heterocycles. The Bertz CT molecular complexity index is 1150. The first-order valence-corrected chi connectivity index (χ1v) is 9.98. The van der Waals surface area contributed by atoms with Crippen LogP contribution in [-0.4, -0.2) is 42.5 Å². The van der Waals surface area contributed by atoms with E-state index in [2.05, 4.69) is 10.3 Å². The third kappa shape index (κ3) is 4.04. The predicted octanol–water partition coefficient (Wildman–Crippen LogP) is 2.97. The van der Waals surface area contributed by atoms with Crippen LogP contribution in [0.25, 0.3) is 5.69 Å². The monoisotopic (exact) mass is 418 g/mol. The van der Waals surface area contributed by atoms with Crippen LogP contribution in [0.5, 0.6) is 0 Å². The number of hydrogen-bond donors (Lipinski definition) is 2. The fraction of sp³-hybridized carbons (Fsp3) is 0.111. The quantitative estimate of drug-likeness (QED) is 0.474. The molecule has 0 spiro atoms. The second-order valence-electron chi connectivity index (χ2n) is 5.76. The summed E-state index contributed by atoms with van der Waals surface area (Å²) in [6.07, 6.45) is 3.52. The van der Waals surface area contributed by atoms with Gasteiger partial charge >= 0.3 is 0 Å². The number of carbonyl (C=O) groups is 1. The average Bonchev–Trinajstić information content (AvgIpc) is 3.13. The van der Waals surface area contributed by atoms with Crippen molar-refractivity contribution in [1.82, 2.24) is 14.0 Å². The fourth-order valence-electron chi connectivity index (χ4n) is 2.49. The van der Waals surface area contributed by atoms with Crippen LogP contribution < -0.4 is 5.32 Å². The highest BCUT2D eigenvalue weighted by atomic mass is 32.2. The molecule has 28 heavy (non-hydrogen) atoms. The zero-order chi connectivity index (χ0) is 20.3. The molecule has 2 N–H and O–H groups in total. The SMILES string of the molecule is CON(C)S(=O)(=O)c1ccc(C(=O)Nc2cccc(-n3cc[nH]c3=S)c2)cc1. The van der Waals surface area contributed by atoms with Crippen molar-refractivity contribution in [2.45, 2.75) is 4.90 Å². The van der Waals surface area contributed by atoms with Crippen LogP contribution in [0.2, 0.25) is 0 Å². The Balaban J connectivity index is 1.79. The lowest BCUT2D eigenvalue weighted by Gasteiger charge is -2.14. The van der Waals surface area contributed by atoms with Gasteiger partial charge in [0.25, 0.3) is 15.9 Å². The van der Waals surface area contributed by atoms with Gasteiger partial charge in [0.2, 0.25) is 0 Å². The van der Waals surface area contributed by atoms with Crippen LogP contribution >= 0.6 is 12.2 Å². The Morgan fingerprint density at radius 3 is 2.54 bits per heavy atom. The molecule has 0 saturated heterocycles. The van der Waals surface area contributed by atoms with Gasteiger partial charge in [0.15, 0.2) is 4.77 Å². The normalized spacial score (nSPS) is 11.5. The van der Waals surface area contributed by atoms with Gasteiger partial charge in [0.1, 0.15) is 0 Å².